The van der Waals surface area contributed by atoms with Gasteiger partial charge in [-0.1, -0.05) is 11.6 Å². The van der Waals surface area contributed by atoms with Crippen LogP contribution in [0.15, 0.2) is 36.4 Å². The molecule has 5 nitrogen and oxygen atoms in total. The van der Waals surface area contributed by atoms with Crippen molar-refractivity contribution in [2.45, 2.75) is 0 Å². The van der Waals surface area contributed by atoms with Crippen LogP contribution < -0.4 is 10.1 Å². The molecule has 8 heteroatoms. The molecule has 27 heavy (non-hydrogen) atoms. The predicted molar refractivity (Wildman–Crippen MR) is 106 cm³/mol. The summed E-state index contributed by atoms with van der Waals surface area (Å²) < 4.78 is 19.3. The molecule has 0 unspecified atom stereocenters. The van der Waals surface area contributed by atoms with Crippen LogP contribution in [-0.4, -0.2) is 37.9 Å². The fraction of sp³-hybridized carbons (Fsp3) is 0.158. The Hall–Kier alpha value is -2.64. The fourth-order valence-corrected chi connectivity index (χ4v) is 4.00. The van der Waals surface area contributed by atoms with Gasteiger partial charge in [0.1, 0.15) is 16.4 Å². The van der Waals surface area contributed by atoms with E-state index < -0.39 is 11.7 Å². The van der Waals surface area contributed by atoms with Gasteiger partial charge in [0.15, 0.2) is 0 Å². The number of nitrogens with one attached hydrogen (secondary N) is 1. The molecule has 0 aliphatic rings. The Bertz CT molecular complexity index is 1050. The number of thiophene rings is 1. The van der Waals surface area contributed by atoms with Gasteiger partial charge >= 0.3 is 0 Å². The van der Waals surface area contributed by atoms with Gasteiger partial charge in [0.05, 0.1) is 17.8 Å². The van der Waals surface area contributed by atoms with Crippen molar-refractivity contribution in [2.24, 2.45) is 0 Å². The SMILES string of the molecule is COc1ccc(C(=O)N(C)C)cc1NC(=O)c1sc2cc(F)ccc2c1Cl. The number of rotatable bonds is 4. The maximum atomic E-state index is 13.4. The van der Waals surface area contributed by atoms with Gasteiger partial charge in [-0.15, -0.1) is 11.3 Å². The Morgan fingerprint density at radius 2 is 1.93 bits per heavy atom. The Labute approximate surface area is 164 Å². The second kappa shape index (κ2) is 7.54. The minimum absolute atomic E-state index is 0.205. The van der Waals surface area contributed by atoms with Gasteiger partial charge in [-0.3, -0.25) is 9.59 Å². The number of nitrogens with zero attached hydrogens (tertiary/aromatic N) is 1. The number of hydrogen-bond donors (Lipinski definition) is 1. The second-order valence-corrected chi connectivity index (χ2v) is 7.38. The molecule has 0 fully saturated rings. The number of fused-ring (bicyclic) bond motifs is 1. The quantitative estimate of drug-likeness (QED) is 0.685. The topological polar surface area (TPSA) is 58.6 Å². The van der Waals surface area contributed by atoms with Gasteiger partial charge in [0.2, 0.25) is 0 Å². The van der Waals surface area contributed by atoms with Crippen LogP contribution in [0.2, 0.25) is 5.02 Å². The van der Waals surface area contributed by atoms with E-state index in [1.165, 1.54) is 30.2 Å². The van der Waals surface area contributed by atoms with E-state index in [-0.39, 0.29) is 15.8 Å². The first-order valence-corrected chi connectivity index (χ1v) is 9.10. The monoisotopic (exact) mass is 406 g/mol. The zero-order valence-electron chi connectivity index (χ0n) is 14.8. The largest absolute Gasteiger partial charge is 0.495 e. The van der Waals surface area contributed by atoms with Gasteiger partial charge in [-0.2, -0.15) is 0 Å². The van der Waals surface area contributed by atoms with Gasteiger partial charge in [0, 0.05) is 29.7 Å². The van der Waals surface area contributed by atoms with Gasteiger partial charge in [-0.05, 0) is 36.4 Å². The van der Waals surface area contributed by atoms with E-state index in [1.54, 1.807) is 32.3 Å². The van der Waals surface area contributed by atoms with E-state index >= 15 is 0 Å². The molecular weight excluding hydrogens is 391 g/mol. The summed E-state index contributed by atoms with van der Waals surface area (Å²) >= 11 is 7.40. The zero-order valence-corrected chi connectivity index (χ0v) is 16.4. The molecule has 0 atom stereocenters. The number of amides is 2. The molecule has 1 N–H and O–H groups in total. The summed E-state index contributed by atoms with van der Waals surface area (Å²) in [5.74, 6) is -0.663. The van der Waals surface area contributed by atoms with Crippen molar-refractivity contribution in [3.05, 3.63) is 57.7 Å². The number of hydrogen-bond acceptors (Lipinski definition) is 4. The number of carbonyl (C=O) groups excluding carboxylic acids is 2. The first kappa shape index (κ1) is 19.1. The maximum Gasteiger partial charge on any atom is 0.267 e. The number of anilines is 1. The van der Waals surface area contributed by atoms with E-state index in [4.69, 9.17) is 16.3 Å². The molecule has 0 aliphatic carbocycles. The normalized spacial score (nSPS) is 10.7. The molecule has 1 heterocycles. The molecule has 0 radical (unpaired) electrons. The van der Waals surface area contributed by atoms with Crippen molar-refractivity contribution in [3.8, 4) is 5.75 Å². The summed E-state index contributed by atoms with van der Waals surface area (Å²) in [4.78, 5) is 26.6. The molecule has 0 spiro atoms. The van der Waals surface area contributed by atoms with Crippen molar-refractivity contribution in [1.82, 2.24) is 4.90 Å². The lowest BCUT2D eigenvalue weighted by molar-refractivity contribution is 0.0827. The molecular formula is C19H16ClFN2O3S. The van der Waals surface area contributed by atoms with Crippen LogP contribution in [0.1, 0.15) is 20.0 Å². The smallest absolute Gasteiger partial charge is 0.267 e. The van der Waals surface area contributed by atoms with Crippen LogP contribution in [0.4, 0.5) is 10.1 Å². The standard InChI is InChI=1S/C19H16ClFN2O3S/c1-23(2)19(25)10-4-7-14(26-3)13(8-10)22-18(24)17-16(20)12-6-5-11(21)9-15(12)27-17/h4-9H,1-3H3,(H,22,24). The summed E-state index contributed by atoms with van der Waals surface area (Å²) in [5, 5.41) is 3.59. The predicted octanol–water partition coefficient (Wildman–Crippen LogP) is 4.66. The number of halogens is 2. The lowest BCUT2D eigenvalue weighted by Crippen LogP contribution is -2.22. The molecule has 3 aromatic rings. The van der Waals surface area contributed by atoms with Crippen molar-refractivity contribution >= 4 is 50.5 Å². The van der Waals surface area contributed by atoms with Crippen LogP contribution in [0.3, 0.4) is 0 Å². The van der Waals surface area contributed by atoms with Crippen molar-refractivity contribution in [3.63, 3.8) is 0 Å². The van der Waals surface area contributed by atoms with E-state index in [1.807, 2.05) is 0 Å². The highest BCUT2D eigenvalue weighted by Gasteiger charge is 2.20. The third-order valence-corrected chi connectivity index (χ3v) is 5.55. The van der Waals surface area contributed by atoms with Crippen LogP contribution in [-0.2, 0) is 0 Å². The Morgan fingerprint density at radius 1 is 1.19 bits per heavy atom. The number of benzene rings is 2. The Balaban J connectivity index is 1.97. The van der Waals surface area contributed by atoms with Crippen molar-refractivity contribution in [2.75, 3.05) is 26.5 Å². The molecule has 0 saturated heterocycles. The highest BCUT2D eigenvalue weighted by Crippen LogP contribution is 2.37. The highest BCUT2D eigenvalue weighted by atomic mass is 35.5. The number of ether oxygens (including phenoxy) is 1. The Morgan fingerprint density at radius 3 is 2.59 bits per heavy atom. The first-order valence-electron chi connectivity index (χ1n) is 7.90. The van der Waals surface area contributed by atoms with Crippen LogP contribution >= 0.6 is 22.9 Å². The van der Waals surface area contributed by atoms with Gasteiger partial charge < -0.3 is 15.0 Å². The minimum Gasteiger partial charge on any atom is -0.495 e. The minimum atomic E-state index is -0.464. The second-order valence-electron chi connectivity index (χ2n) is 5.95. The summed E-state index contributed by atoms with van der Waals surface area (Å²) in [6.07, 6.45) is 0. The molecule has 2 amide bonds. The van der Waals surface area contributed by atoms with Crippen molar-refractivity contribution < 1.29 is 18.7 Å². The maximum absolute atomic E-state index is 13.4. The summed E-state index contributed by atoms with van der Waals surface area (Å²) in [6.45, 7) is 0. The average Bonchev–Trinajstić information content (AvgIpc) is 2.96. The Kier molecular flexibility index (Phi) is 5.34. The van der Waals surface area contributed by atoms with Crippen LogP contribution in [0.25, 0.3) is 10.1 Å². The summed E-state index contributed by atoms with van der Waals surface area (Å²) in [7, 11) is 4.75. The third-order valence-electron chi connectivity index (χ3n) is 3.90. The van der Waals surface area contributed by atoms with E-state index in [9.17, 15) is 14.0 Å². The molecule has 0 bridgehead atoms. The summed E-state index contributed by atoms with van der Waals surface area (Å²) in [5.41, 5.74) is 0.746. The fourth-order valence-electron chi connectivity index (χ4n) is 2.56. The third kappa shape index (κ3) is 3.74. The molecule has 0 saturated carbocycles. The molecule has 1 aromatic heterocycles. The van der Waals surface area contributed by atoms with Gasteiger partial charge in [0.25, 0.3) is 11.8 Å². The van der Waals surface area contributed by atoms with E-state index in [0.29, 0.717) is 27.1 Å². The molecule has 3 rings (SSSR count). The molecule has 0 aliphatic heterocycles. The van der Waals surface area contributed by atoms with Crippen LogP contribution in [0.5, 0.6) is 5.75 Å². The highest BCUT2D eigenvalue weighted by molar-refractivity contribution is 7.21. The summed E-state index contributed by atoms with van der Waals surface area (Å²) in [6, 6.07) is 8.93. The van der Waals surface area contributed by atoms with Crippen LogP contribution in [0, 0.1) is 5.82 Å². The number of methoxy groups -OCH3 is 1. The van der Waals surface area contributed by atoms with E-state index in [2.05, 4.69) is 5.32 Å². The lowest BCUT2D eigenvalue weighted by Gasteiger charge is -2.14. The number of carbonyl (C=O) groups is 2. The van der Waals surface area contributed by atoms with Gasteiger partial charge in [-0.25, -0.2) is 4.39 Å². The zero-order chi connectivity index (χ0) is 19.7. The molecule has 140 valence electrons. The first-order chi connectivity index (χ1) is 12.8. The average molecular weight is 407 g/mol. The molecule has 2 aromatic carbocycles. The lowest BCUT2D eigenvalue weighted by atomic mass is 10.1. The van der Waals surface area contributed by atoms with E-state index in [0.717, 1.165) is 11.3 Å². The van der Waals surface area contributed by atoms with Crippen molar-refractivity contribution in [1.29, 1.82) is 0 Å².